The van der Waals surface area contributed by atoms with Crippen LogP contribution in [0, 0.1) is 0 Å². The summed E-state index contributed by atoms with van der Waals surface area (Å²) in [6.07, 6.45) is 1.37. The van der Waals surface area contributed by atoms with Gasteiger partial charge in [0, 0.05) is 16.1 Å². The molecule has 0 unspecified atom stereocenters. The number of hydrogen-bond donors (Lipinski definition) is 2. The Morgan fingerprint density at radius 3 is 2.48 bits per heavy atom. The zero-order valence-electron chi connectivity index (χ0n) is 16.5. The van der Waals surface area contributed by atoms with E-state index in [9.17, 15) is 14.4 Å². The van der Waals surface area contributed by atoms with Crippen molar-refractivity contribution in [3.8, 4) is 16.2 Å². The van der Waals surface area contributed by atoms with E-state index in [0.29, 0.717) is 21.5 Å². The van der Waals surface area contributed by atoms with Gasteiger partial charge in [-0.1, -0.05) is 0 Å². The van der Waals surface area contributed by atoms with Gasteiger partial charge in [-0.3, -0.25) is 19.0 Å². The molecule has 0 aliphatic carbocycles. The minimum atomic E-state index is -0.547. The summed E-state index contributed by atoms with van der Waals surface area (Å²) in [7, 11) is 1.60. The van der Waals surface area contributed by atoms with Gasteiger partial charge in [-0.05, 0) is 60.2 Å². The number of carbonyl (C=O) groups excluding carboxylic acids is 2. The van der Waals surface area contributed by atoms with Crippen molar-refractivity contribution in [2.24, 2.45) is 5.73 Å². The van der Waals surface area contributed by atoms with E-state index in [1.165, 1.54) is 34.4 Å². The van der Waals surface area contributed by atoms with E-state index in [-0.39, 0.29) is 18.0 Å². The molecule has 0 saturated heterocycles. The van der Waals surface area contributed by atoms with Crippen LogP contribution in [0.15, 0.2) is 65.7 Å². The number of nitrogens with one attached hydrogen (secondary N) is 1. The van der Waals surface area contributed by atoms with Crippen LogP contribution in [-0.2, 0) is 11.3 Å². The Morgan fingerprint density at radius 1 is 1.13 bits per heavy atom. The number of hydrogen-bond acceptors (Lipinski definition) is 6. The highest BCUT2D eigenvalue weighted by molar-refractivity contribution is 7.22. The molecule has 8 nitrogen and oxygen atoms in total. The summed E-state index contributed by atoms with van der Waals surface area (Å²) < 4.78 is 6.92. The number of primary amides is 1. The second-order valence-corrected chi connectivity index (χ2v) is 7.77. The molecular weight excluding hydrogens is 416 g/mol. The minimum absolute atomic E-state index is 0.185. The van der Waals surface area contributed by atoms with Gasteiger partial charge in [-0.25, -0.2) is 4.98 Å². The predicted molar refractivity (Wildman–Crippen MR) is 119 cm³/mol. The molecule has 9 heteroatoms. The molecule has 2 amide bonds. The first-order chi connectivity index (χ1) is 14.9. The first kappa shape index (κ1) is 20.3. The third-order valence-corrected chi connectivity index (χ3v) is 5.81. The summed E-state index contributed by atoms with van der Waals surface area (Å²) in [5, 5.41) is 2.69. The van der Waals surface area contributed by atoms with Gasteiger partial charge in [-0.2, -0.15) is 0 Å². The normalized spacial score (nSPS) is 10.7. The molecule has 0 bridgehead atoms. The molecule has 2 heterocycles. The molecule has 0 atom stereocenters. The summed E-state index contributed by atoms with van der Waals surface area (Å²) in [6, 6.07) is 15.6. The molecule has 31 heavy (non-hydrogen) atoms. The maximum Gasteiger partial charge on any atom is 0.271 e. The summed E-state index contributed by atoms with van der Waals surface area (Å²) >= 11 is 1.33. The smallest absolute Gasteiger partial charge is 0.271 e. The average Bonchev–Trinajstić information content (AvgIpc) is 3.21. The lowest BCUT2D eigenvalue weighted by Gasteiger charge is -2.07. The molecule has 0 aliphatic rings. The maximum absolute atomic E-state index is 12.9. The average molecular weight is 434 g/mol. The Kier molecular flexibility index (Phi) is 5.50. The van der Waals surface area contributed by atoms with Crippen molar-refractivity contribution in [1.29, 1.82) is 0 Å². The van der Waals surface area contributed by atoms with Gasteiger partial charge in [0.25, 0.3) is 5.56 Å². The van der Waals surface area contributed by atoms with Gasteiger partial charge >= 0.3 is 0 Å². The van der Waals surface area contributed by atoms with Crippen LogP contribution < -0.4 is 21.3 Å². The lowest BCUT2D eigenvalue weighted by molar-refractivity contribution is -0.116. The molecule has 0 radical (unpaired) electrons. The second-order valence-electron chi connectivity index (χ2n) is 6.72. The standard InChI is InChI=1S/C22H18N4O4S/c1-30-16-8-4-13(5-9-16)18-10-17-20(31-18)22(29)26(12-24-17)11-19(27)25-15-6-2-14(3-7-15)21(23)28/h2-10,12H,11H2,1H3,(H2,23,28)(H,25,27). The van der Waals surface area contributed by atoms with Crippen molar-refractivity contribution in [2.45, 2.75) is 6.54 Å². The molecule has 0 fully saturated rings. The van der Waals surface area contributed by atoms with E-state index in [0.717, 1.165) is 16.2 Å². The number of fused-ring (bicyclic) bond motifs is 1. The molecule has 4 rings (SSSR count). The van der Waals surface area contributed by atoms with Crippen LogP contribution in [-0.4, -0.2) is 28.5 Å². The monoisotopic (exact) mass is 434 g/mol. The molecule has 3 N–H and O–H groups in total. The van der Waals surface area contributed by atoms with E-state index in [1.54, 1.807) is 19.2 Å². The van der Waals surface area contributed by atoms with Crippen molar-refractivity contribution in [3.63, 3.8) is 0 Å². The molecule has 2 aromatic carbocycles. The molecular formula is C22H18N4O4S. The maximum atomic E-state index is 12.9. The third kappa shape index (κ3) is 4.31. The van der Waals surface area contributed by atoms with Crippen LogP contribution in [0.5, 0.6) is 5.75 Å². The van der Waals surface area contributed by atoms with Crippen LogP contribution in [0.1, 0.15) is 10.4 Å². The number of carbonyl (C=O) groups is 2. The predicted octanol–water partition coefficient (Wildman–Crippen LogP) is 2.87. The third-order valence-electron chi connectivity index (χ3n) is 4.65. The Morgan fingerprint density at radius 2 is 1.84 bits per heavy atom. The number of amides is 2. The fourth-order valence-corrected chi connectivity index (χ4v) is 4.09. The number of methoxy groups -OCH3 is 1. The quantitative estimate of drug-likeness (QED) is 0.484. The summed E-state index contributed by atoms with van der Waals surface area (Å²) in [5.41, 5.74) is 7.29. The molecule has 0 saturated carbocycles. The van der Waals surface area contributed by atoms with Crippen LogP contribution >= 0.6 is 11.3 Å². The first-order valence-electron chi connectivity index (χ1n) is 9.28. The highest BCUT2D eigenvalue weighted by atomic mass is 32.1. The largest absolute Gasteiger partial charge is 0.497 e. The van der Waals surface area contributed by atoms with Crippen molar-refractivity contribution in [3.05, 3.63) is 76.8 Å². The van der Waals surface area contributed by atoms with Gasteiger partial charge in [0.05, 0.1) is 19.0 Å². The Balaban J connectivity index is 1.54. The van der Waals surface area contributed by atoms with E-state index in [2.05, 4.69) is 10.3 Å². The fraction of sp³-hybridized carbons (Fsp3) is 0.0909. The number of nitrogens with two attached hydrogens (primary N) is 1. The molecule has 2 aromatic heterocycles. The Labute approximate surface area is 180 Å². The summed E-state index contributed by atoms with van der Waals surface area (Å²) in [6.45, 7) is -0.185. The Bertz CT molecular complexity index is 1320. The first-order valence-corrected chi connectivity index (χ1v) is 10.1. The number of thiophene rings is 1. The van der Waals surface area contributed by atoms with Crippen molar-refractivity contribution in [1.82, 2.24) is 9.55 Å². The van der Waals surface area contributed by atoms with Crippen LogP contribution in [0.3, 0.4) is 0 Å². The number of nitrogens with zero attached hydrogens (tertiary/aromatic N) is 2. The second kappa shape index (κ2) is 8.41. The molecule has 0 spiro atoms. The molecule has 156 valence electrons. The fourth-order valence-electron chi connectivity index (χ4n) is 3.03. The van der Waals surface area contributed by atoms with Gasteiger partial charge in [-0.15, -0.1) is 11.3 Å². The van der Waals surface area contributed by atoms with Gasteiger partial charge in [0.2, 0.25) is 11.8 Å². The van der Waals surface area contributed by atoms with Crippen LogP contribution in [0.2, 0.25) is 0 Å². The highest BCUT2D eigenvalue weighted by Gasteiger charge is 2.13. The minimum Gasteiger partial charge on any atom is -0.497 e. The lowest BCUT2D eigenvalue weighted by Crippen LogP contribution is -2.27. The molecule has 4 aromatic rings. The SMILES string of the molecule is COc1ccc(-c2cc3ncn(CC(=O)Nc4ccc(C(N)=O)cc4)c(=O)c3s2)cc1. The number of rotatable bonds is 6. The summed E-state index contributed by atoms with van der Waals surface area (Å²) in [4.78, 5) is 41.6. The number of ether oxygens (including phenoxy) is 1. The van der Waals surface area contributed by atoms with Crippen molar-refractivity contribution < 1.29 is 14.3 Å². The van der Waals surface area contributed by atoms with Crippen molar-refractivity contribution in [2.75, 3.05) is 12.4 Å². The van der Waals surface area contributed by atoms with E-state index < -0.39 is 5.91 Å². The number of benzene rings is 2. The lowest BCUT2D eigenvalue weighted by atomic mass is 10.2. The van der Waals surface area contributed by atoms with Crippen LogP contribution in [0.25, 0.3) is 20.7 Å². The van der Waals surface area contributed by atoms with Crippen molar-refractivity contribution >= 4 is 39.1 Å². The van der Waals surface area contributed by atoms with Gasteiger partial charge < -0.3 is 15.8 Å². The Hall–Kier alpha value is -3.98. The zero-order chi connectivity index (χ0) is 22.0. The highest BCUT2D eigenvalue weighted by Crippen LogP contribution is 2.31. The molecule has 0 aliphatic heterocycles. The summed E-state index contributed by atoms with van der Waals surface area (Å²) in [5.74, 6) is -0.184. The number of anilines is 1. The van der Waals surface area contributed by atoms with E-state index in [1.807, 2.05) is 30.3 Å². The van der Waals surface area contributed by atoms with Crippen LogP contribution in [0.4, 0.5) is 5.69 Å². The van der Waals surface area contributed by atoms with E-state index in [4.69, 9.17) is 10.5 Å². The zero-order valence-corrected chi connectivity index (χ0v) is 17.3. The number of aromatic nitrogens is 2. The topological polar surface area (TPSA) is 116 Å². The van der Waals surface area contributed by atoms with Gasteiger partial charge in [0.1, 0.15) is 17.0 Å². The van der Waals surface area contributed by atoms with E-state index >= 15 is 0 Å². The van der Waals surface area contributed by atoms with Gasteiger partial charge in [0.15, 0.2) is 0 Å².